The normalized spacial score (nSPS) is 10.7. The Hall–Kier alpha value is -1.45. The van der Waals surface area contributed by atoms with E-state index in [9.17, 15) is 0 Å². The lowest BCUT2D eigenvalue weighted by Gasteiger charge is -2.09. The average Bonchev–Trinajstić information content (AvgIpc) is 2.85. The van der Waals surface area contributed by atoms with E-state index in [4.69, 9.17) is 20.8 Å². The minimum absolute atomic E-state index is 0.485. The van der Waals surface area contributed by atoms with Gasteiger partial charge in [-0.25, -0.2) is 0 Å². The highest BCUT2D eigenvalue weighted by atomic mass is 35.5. The fraction of sp³-hybridized carbons (Fsp3) is 0.333. The van der Waals surface area contributed by atoms with Gasteiger partial charge >= 0.3 is 0 Å². The number of hydrogen-bond acceptors (Lipinski definition) is 3. The van der Waals surface area contributed by atoms with Gasteiger partial charge in [-0.2, -0.15) is 0 Å². The van der Waals surface area contributed by atoms with Gasteiger partial charge in [0.2, 0.25) is 0 Å². The standard InChI is InChI=1S/C15H18ClNO2/c1-3-17-9-15-12(6-7-18-15)10-19-14-8-13(16)5-4-11(14)2/h4-8,17H,3,9-10H2,1-2H3. The molecular formula is C15H18ClNO2. The van der Waals surface area contributed by atoms with E-state index in [0.29, 0.717) is 11.6 Å². The highest BCUT2D eigenvalue weighted by Crippen LogP contribution is 2.24. The van der Waals surface area contributed by atoms with Crippen molar-refractivity contribution in [2.24, 2.45) is 0 Å². The fourth-order valence-corrected chi connectivity index (χ4v) is 1.94. The molecule has 0 radical (unpaired) electrons. The number of furan rings is 1. The van der Waals surface area contributed by atoms with Crippen LogP contribution in [-0.2, 0) is 13.2 Å². The predicted octanol–water partition coefficient (Wildman–Crippen LogP) is 3.93. The second-order valence-electron chi connectivity index (χ2n) is 4.35. The minimum atomic E-state index is 0.485. The first kappa shape index (κ1) is 14.0. The zero-order valence-electron chi connectivity index (χ0n) is 11.2. The number of benzene rings is 1. The van der Waals surface area contributed by atoms with Crippen LogP contribution in [0.1, 0.15) is 23.8 Å². The van der Waals surface area contributed by atoms with Gasteiger partial charge in [0.15, 0.2) is 0 Å². The minimum Gasteiger partial charge on any atom is -0.488 e. The Morgan fingerprint density at radius 1 is 1.32 bits per heavy atom. The quantitative estimate of drug-likeness (QED) is 0.870. The van der Waals surface area contributed by atoms with E-state index in [1.165, 1.54) is 0 Å². The molecule has 1 heterocycles. The Bertz CT molecular complexity index is 537. The maximum atomic E-state index is 5.97. The van der Waals surface area contributed by atoms with Crippen molar-refractivity contribution in [1.29, 1.82) is 0 Å². The molecular weight excluding hydrogens is 262 g/mol. The van der Waals surface area contributed by atoms with Crippen molar-refractivity contribution in [2.45, 2.75) is 27.0 Å². The molecule has 0 bridgehead atoms. The van der Waals surface area contributed by atoms with Crippen molar-refractivity contribution in [1.82, 2.24) is 5.32 Å². The monoisotopic (exact) mass is 279 g/mol. The van der Waals surface area contributed by atoms with Crippen LogP contribution in [0.3, 0.4) is 0 Å². The van der Waals surface area contributed by atoms with E-state index in [0.717, 1.165) is 35.7 Å². The predicted molar refractivity (Wildman–Crippen MR) is 76.6 cm³/mol. The number of ether oxygens (including phenoxy) is 1. The molecule has 0 aliphatic heterocycles. The summed E-state index contributed by atoms with van der Waals surface area (Å²) in [5.74, 6) is 1.73. The Kier molecular flexibility index (Phi) is 4.88. The van der Waals surface area contributed by atoms with E-state index in [1.807, 2.05) is 31.2 Å². The molecule has 102 valence electrons. The second kappa shape index (κ2) is 6.64. The van der Waals surface area contributed by atoms with Crippen LogP contribution in [0.2, 0.25) is 5.02 Å². The summed E-state index contributed by atoms with van der Waals surface area (Å²) in [6, 6.07) is 7.58. The Morgan fingerprint density at radius 3 is 2.95 bits per heavy atom. The van der Waals surface area contributed by atoms with Gasteiger partial charge in [0.1, 0.15) is 18.1 Å². The van der Waals surface area contributed by atoms with Crippen LogP contribution in [0.15, 0.2) is 34.9 Å². The van der Waals surface area contributed by atoms with Crippen LogP contribution in [0, 0.1) is 6.92 Å². The van der Waals surface area contributed by atoms with Gasteiger partial charge < -0.3 is 14.5 Å². The average molecular weight is 280 g/mol. The maximum absolute atomic E-state index is 5.97. The van der Waals surface area contributed by atoms with Crippen molar-refractivity contribution >= 4 is 11.6 Å². The lowest BCUT2D eigenvalue weighted by atomic mass is 10.2. The third-order valence-electron chi connectivity index (χ3n) is 2.91. The lowest BCUT2D eigenvalue weighted by molar-refractivity contribution is 0.299. The highest BCUT2D eigenvalue weighted by Gasteiger charge is 2.08. The Morgan fingerprint density at radius 2 is 2.16 bits per heavy atom. The molecule has 19 heavy (non-hydrogen) atoms. The van der Waals surface area contributed by atoms with E-state index in [1.54, 1.807) is 6.26 Å². The summed E-state index contributed by atoms with van der Waals surface area (Å²) < 4.78 is 11.3. The fourth-order valence-electron chi connectivity index (χ4n) is 1.77. The summed E-state index contributed by atoms with van der Waals surface area (Å²) >= 11 is 5.97. The molecule has 2 rings (SSSR count). The third kappa shape index (κ3) is 3.75. The van der Waals surface area contributed by atoms with Gasteiger partial charge in [-0.15, -0.1) is 0 Å². The molecule has 0 saturated carbocycles. The summed E-state index contributed by atoms with van der Waals surface area (Å²) in [4.78, 5) is 0. The molecule has 1 aromatic carbocycles. The lowest BCUT2D eigenvalue weighted by Crippen LogP contribution is -2.12. The molecule has 1 N–H and O–H groups in total. The van der Waals surface area contributed by atoms with E-state index in [-0.39, 0.29) is 0 Å². The van der Waals surface area contributed by atoms with Gasteiger partial charge in [0, 0.05) is 10.6 Å². The van der Waals surface area contributed by atoms with Gasteiger partial charge in [-0.05, 0) is 37.2 Å². The Balaban J connectivity index is 2.02. The van der Waals surface area contributed by atoms with Crippen LogP contribution in [-0.4, -0.2) is 6.54 Å². The summed E-state index contributed by atoms with van der Waals surface area (Å²) in [6.45, 7) is 6.18. The smallest absolute Gasteiger partial charge is 0.124 e. The van der Waals surface area contributed by atoms with Crippen LogP contribution < -0.4 is 10.1 Å². The van der Waals surface area contributed by atoms with Crippen molar-refractivity contribution in [2.75, 3.05) is 6.54 Å². The first-order valence-electron chi connectivity index (χ1n) is 6.35. The van der Waals surface area contributed by atoms with Crippen molar-refractivity contribution in [3.05, 3.63) is 52.4 Å². The van der Waals surface area contributed by atoms with Crippen molar-refractivity contribution in [3.8, 4) is 5.75 Å². The molecule has 0 unspecified atom stereocenters. The second-order valence-corrected chi connectivity index (χ2v) is 4.78. The van der Waals surface area contributed by atoms with Gasteiger partial charge in [0.05, 0.1) is 12.8 Å². The number of aryl methyl sites for hydroxylation is 1. The van der Waals surface area contributed by atoms with E-state index < -0.39 is 0 Å². The highest BCUT2D eigenvalue weighted by molar-refractivity contribution is 6.30. The Labute approximate surface area is 118 Å². The molecule has 0 aliphatic carbocycles. The van der Waals surface area contributed by atoms with Crippen LogP contribution in [0.4, 0.5) is 0 Å². The SMILES string of the molecule is CCNCc1occc1COc1cc(Cl)ccc1C. The zero-order chi connectivity index (χ0) is 13.7. The summed E-state index contributed by atoms with van der Waals surface area (Å²) in [5.41, 5.74) is 2.13. The number of hydrogen-bond donors (Lipinski definition) is 1. The molecule has 0 amide bonds. The molecule has 0 saturated heterocycles. The zero-order valence-corrected chi connectivity index (χ0v) is 12.0. The first-order valence-corrected chi connectivity index (χ1v) is 6.73. The van der Waals surface area contributed by atoms with Crippen LogP contribution in [0.25, 0.3) is 0 Å². The molecule has 0 atom stereocenters. The molecule has 0 spiro atoms. The van der Waals surface area contributed by atoms with E-state index >= 15 is 0 Å². The molecule has 3 nitrogen and oxygen atoms in total. The molecule has 0 aliphatic rings. The van der Waals surface area contributed by atoms with Crippen molar-refractivity contribution < 1.29 is 9.15 Å². The van der Waals surface area contributed by atoms with Gasteiger partial charge in [0.25, 0.3) is 0 Å². The number of nitrogens with one attached hydrogen (secondary N) is 1. The molecule has 4 heteroatoms. The maximum Gasteiger partial charge on any atom is 0.124 e. The third-order valence-corrected chi connectivity index (χ3v) is 3.14. The molecule has 0 fully saturated rings. The van der Waals surface area contributed by atoms with E-state index in [2.05, 4.69) is 12.2 Å². The van der Waals surface area contributed by atoms with Gasteiger partial charge in [-0.1, -0.05) is 24.6 Å². The van der Waals surface area contributed by atoms with Crippen molar-refractivity contribution in [3.63, 3.8) is 0 Å². The number of halogens is 1. The summed E-state index contributed by atoms with van der Waals surface area (Å²) in [5, 5.41) is 3.92. The number of rotatable bonds is 6. The van der Waals surface area contributed by atoms with Crippen LogP contribution >= 0.6 is 11.6 Å². The summed E-state index contributed by atoms with van der Waals surface area (Å²) in [7, 11) is 0. The molecule has 2 aromatic rings. The topological polar surface area (TPSA) is 34.4 Å². The van der Waals surface area contributed by atoms with Crippen LogP contribution in [0.5, 0.6) is 5.75 Å². The first-order chi connectivity index (χ1) is 9.20. The largest absolute Gasteiger partial charge is 0.488 e. The van der Waals surface area contributed by atoms with Gasteiger partial charge in [-0.3, -0.25) is 0 Å². The summed E-state index contributed by atoms with van der Waals surface area (Å²) in [6.07, 6.45) is 1.69. The molecule has 1 aromatic heterocycles.